The van der Waals surface area contributed by atoms with Crippen molar-refractivity contribution in [3.05, 3.63) is 94.0 Å². The Balaban J connectivity index is 1.32. The first kappa shape index (κ1) is 19.8. The molecular formula is C24H24N3O3+. The van der Waals surface area contributed by atoms with Crippen molar-refractivity contribution >= 4 is 28.4 Å². The highest BCUT2D eigenvalue weighted by molar-refractivity contribution is 5.91. The molecule has 0 atom stereocenters. The van der Waals surface area contributed by atoms with E-state index in [1.54, 1.807) is 24.3 Å². The number of nitro groups is 1. The summed E-state index contributed by atoms with van der Waals surface area (Å²) in [5.41, 5.74) is 2.17. The SMILES string of the molecule is O=C(/C=C/c1ccc([N+](=O)[O-])cc1)N1CC[NH+](Cc2cccc3ccccc23)CC1. The Morgan fingerprint density at radius 2 is 1.70 bits per heavy atom. The third kappa shape index (κ3) is 4.55. The molecule has 1 amide bonds. The summed E-state index contributed by atoms with van der Waals surface area (Å²) < 4.78 is 0. The molecule has 30 heavy (non-hydrogen) atoms. The maximum Gasteiger partial charge on any atom is 0.269 e. The number of fused-ring (bicyclic) bond motifs is 1. The molecule has 152 valence electrons. The van der Waals surface area contributed by atoms with E-state index < -0.39 is 4.92 Å². The van der Waals surface area contributed by atoms with Crippen molar-refractivity contribution in [3.63, 3.8) is 0 Å². The number of hydrogen-bond donors (Lipinski definition) is 1. The summed E-state index contributed by atoms with van der Waals surface area (Å²) in [5, 5.41) is 13.3. The predicted molar refractivity (Wildman–Crippen MR) is 117 cm³/mol. The minimum Gasteiger partial charge on any atom is -0.328 e. The van der Waals surface area contributed by atoms with Gasteiger partial charge in [-0.3, -0.25) is 14.9 Å². The Morgan fingerprint density at radius 1 is 1.00 bits per heavy atom. The van der Waals surface area contributed by atoms with Gasteiger partial charge < -0.3 is 9.80 Å². The molecular weight excluding hydrogens is 378 g/mol. The van der Waals surface area contributed by atoms with E-state index in [0.717, 1.165) is 38.3 Å². The average Bonchev–Trinajstić information content (AvgIpc) is 2.78. The van der Waals surface area contributed by atoms with E-state index in [2.05, 4.69) is 42.5 Å². The predicted octanol–water partition coefficient (Wildman–Crippen LogP) is 2.69. The van der Waals surface area contributed by atoms with Crippen molar-refractivity contribution in [1.82, 2.24) is 4.90 Å². The lowest BCUT2D eigenvalue weighted by Crippen LogP contribution is -3.13. The van der Waals surface area contributed by atoms with Gasteiger partial charge in [-0.1, -0.05) is 42.5 Å². The summed E-state index contributed by atoms with van der Waals surface area (Å²) >= 11 is 0. The molecule has 1 N–H and O–H groups in total. The van der Waals surface area contributed by atoms with Crippen LogP contribution < -0.4 is 4.90 Å². The zero-order valence-electron chi connectivity index (χ0n) is 16.7. The van der Waals surface area contributed by atoms with Crippen LogP contribution in [-0.2, 0) is 11.3 Å². The number of hydrogen-bond acceptors (Lipinski definition) is 3. The van der Waals surface area contributed by atoms with E-state index in [1.165, 1.54) is 33.4 Å². The molecule has 0 aromatic heterocycles. The molecule has 1 aliphatic rings. The van der Waals surface area contributed by atoms with Gasteiger partial charge in [0, 0.05) is 23.8 Å². The molecule has 3 aromatic carbocycles. The van der Waals surface area contributed by atoms with Gasteiger partial charge in [0.15, 0.2) is 0 Å². The minimum absolute atomic E-state index is 0.0161. The number of carbonyl (C=O) groups is 1. The van der Waals surface area contributed by atoms with E-state index in [-0.39, 0.29) is 11.6 Å². The molecule has 3 aromatic rings. The normalized spacial score (nSPS) is 15.0. The molecule has 1 aliphatic heterocycles. The summed E-state index contributed by atoms with van der Waals surface area (Å²) in [6, 6.07) is 21.1. The fraction of sp³-hybridized carbons (Fsp3) is 0.208. The lowest BCUT2D eigenvalue weighted by Gasteiger charge is -2.32. The van der Waals surface area contributed by atoms with Crippen LogP contribution in [0.5, 0.6) is 0 Å². The molecule has 0 saturated carbocycles. The fourth-order valence-electron chi connectivity index (χ4n) is 3.92. The highest BCUT2D eigenvalue weighted by Gasteiger charge is 2.22. The van der Waals surface area contributed by atoms with Crippen molar-refractivity contribution in [2.24, 2.45) is 0 Å². The first-order chi connectivity index (χ1) is 14.6. The summed E-state index contributed by atoms with van der Waals surface area (Å²) in [4.78, 5) is 26.1. The van der Waals surface area contributed by atoms with Crippen LogP contribution in [0.4, 0.5) is 5.69 Å². The highest BCUT2D eigenvalue weighted by Crippen LogP contribution is 2.17. The molecule has 4 rings (SSSR count). The standard InChI is InChI=1S/C24H23N3O3/c28-24(13-10-19-8-11-22(12-9-19)27(29)30)26-16-14-25(15-17-26)18-21-6-3-5-20-4-1-2-7-23(20)21/h1-13H,14-18H2/p+1/b13-10+. The summed E-state index contributed by atoms with van der Waals surface area (Å²) in [6.07, 6.45) is 3.26. The van der Waals surface area contributed by atoms with Gasteiger partial charge in [0.05, 0.1) is 31.1 Å². The Morgan fingerprint density at radius 3 is 2.43 bits per heavy atom. The minimum atomic E-state index is -0.432. The van der Waals surface area contributed by atoms with E-state index in [4.69, 9.17) is 0 Å². The Hall–Kier alpha value is -3.51. The van der Waals surface area contributed by atoms with Gasteiger partial charge in [0.25, 0.3) is 5.69 Å². The number of nitrogens with zero attached hydrogens (tertiary/aromatic N) is 2. The summed E-state index contributed by atoms with van der Waals surface area (Å²) in [6.45, 7) is 4.25. The Labute approximate surface area is 175 Å². The van der Waals surface area contributed by atoms with Gasteiger partial charge in [-0.15, -0.1) is 0 Å². The molecule has 0 aliphatic carbocycles. The summed E-state index contributed by atoms with van der Waals surface area (Å²) in [5.74, 6) is -0.0161. The smallest absolute Gasteiger partial charge is 0.269 e. The van der Waals surface area contributed by atoms with Crippen molar-refractivity contribution in [3.8, 4) is 0 Å². The average molecular weight is 402 g/mol. The number of rotatable bonds is 5. The molecule has 0 unspecified atom stereocenters. The van der Waals surface area contributed by atoms with Gasteiger partial charge in [0.1, 0.15) is 6.54 Å². The Bertz CT molecular complexity index is 1080. The number of carbonyl (C=O) groups excluding carboxylic acids is 1. The van der Waals surface area contributed by atoms with Crippen molar-refractivity contribution in [2.75, 3.05) is 26.2 Å². The van der Waals surface area contributed by atoms with Gasteiger partial charge in [-0.05, 0) is 34.5 Å². The number of non-ortho nitro benzene ring substituents is 1. The zero-order chi connectivity index (χ0) is 20.9. The van der Waals surface area contributed by atoms with Gasteiger partial charge in [0.2, 0.25) is 5.91 Å². The first-order valence-electron chi connectivity index (χ1n) is 10.1. The van der Waals surface area contributed by atoms with E-state index in [0.29, 0.717) is 0 Å². The van der Waals surface area contributed by atoms with E-state index in [9.17, 15) is 14.9 Å². The molecule has 1 saturated heterocycles. The second-order valence-electron chi connectivity index (χ2n) is 7.57. The number of nitro benzene ring substituents is 1. The monoisotopic (exact) mass is 402 g/mol. The number of nitrogens with one attached hydrogen (secondary N) is 1. The van der Waals surface area contributed by atoms with Gasteiger partial charge in [-0.2, -0.15) is 0 Å². The molecule has 6 nitrogen and oxygen atoms in total. The number of piperazine rings is 1. The topological polar surface area (TPSA) is 67.9 Å². The second-order valence-corrected chi connectivity index (χ2v) is 7.57. The van der Waals surface area contributed by atoms with Gasteiger partial charge in [-0.25, -0.2) is 0 Å². The molecule has 1 fully saturated rings. The van der Waals surface area contributed by atoms with E-state index >= 15 is 0 Å². The lowest BCUT2D eigenvalue weighted by molar-refractivity contribution is -0.917. The van der Waals surface area contributed by atoms with Crippen LogP contribution in [0.1, 0.15) is 11.1 Å². The highest BCUT2D eigenvalue weighted by atomic mass is 16.6. The second kappa shape index (κ2) is 8.88. The van der Waals surface area contributed by atoms with Crippen LogP contribution in [-0.4, -0.2) is 41.9 Å². The van der Waals surface area contributed by atoms with Gasteiger partial charge >= 0.3 is 0 Å². The Kier molecular flexibility index (Phi) is 5.86. The number of benzene rings is 3. The van der Waals surface area contributed by atoms with Crippen molar-refractivity contribution in [1.29, 1.82) is 0 Å². The third-order valence-electron chi connectivity index (χ3n) is 5.62. The molecule has 6 heteroatoms. The van der Waals surface area contributed by atoms with Crippen LogP contribution in [0.3, 0.4) is 0 Å². The lowest BCUT2D eigenvalue weighted by atomic mass is 10.0. The zero-order valence-corrected chi connectivity index (χ0v) is 16.7. The molecule has 0 spiro atoms. The quantitative estimate of drug-likeness (QED) is 0.405. The van der Waals surface area contributed by atoms with Crippen LogP contribution in [0.15, 0.2) is 72.8 Å². The van der Waals surface area contributed by atoms with Crippen LogP contribution >= 0.6 is 0 Å². The number of quaternary nitrogens is 1. The maximum atomic E-state index is 12.5. The largest absolute Gasteiger partial charge is 0.328 e. The summed E-state index contributed by atoms with van der Waals surface area (Å²) in [7, 11) is 0. The van der Waals surface area contributed by atoms with Crippen molar-refractivity contribution in [2.45, 2.75) is 6.54 Å². The molecule has 1 heterocycles. The van der Waals surface area contributed by atoms with Crippen LogP contribution in [0, 0.1) is 10.1 Å². The number of amides is 1. The van der Waals surface area contributed by atoms with Crippen molar-refractivity contribution < 1.29 is 14.6 Å². The van der Waals surface area contributed by atoms with Crippen LogP contribution in [0.2, 0.25) is 0 Å². The van der Waals surface area contributed by atoms with Crippen LogP contribution in [0.25, 0.3) is 16.8 Å². The molecule has 0 radical (unpaired) electrons. The fourth-order valence-corrected chi connectivity index (χ4v) is 3.92. The first-order valence-corrected chi connectivity index (χ1v) is 10.1. The molecule has 0 bridgehead atoms. The maximum absolute atomic E-state index is 12.5. The van der Waals surface area contributed by atoms with E-state index in [1.807, 2.05) is 4.90 Å². The third-order valence-corrected chi connectivity index (χ3v) is 5.62.